The van der Waals surface area contributed by atoms with E-state index < -0.39 is 5.92 Å². The van der Waals surface area contributed by atoms with E-state index in [0.717, 1.165) is 11.3 Å². The highest BCUT2D eigenvalue weighted by atomic mass is 16.5. The van der Waals surface area contributed by atoms with Gasteiger partial charge in [-0.2, -0.15) is 0 Å². The van der Waals surface area contributed by atoms with E-state index in [0.29, 0.717) is 23.8 Å². The van der Waals surface area contributed by atoms with Crippen LogP contribution >= 0.6 is 0 Å². The monoisotopic (exact) mass is 368 g/mol. The van der Waals surface area contributed by atoms with Gasteiger partial charge < -0.3 is 19.9 Å². The van der Waals surface area contributed by atoms with Gasteiger partial charge in [-0.1, -0.05) is 6.07 Å². The number of pyridine rings is 1. The van der Waals surface area contributed by atoms with Crippen LogP contribution in [-0.2, 0) is 9.59 Å². The Morgan fingerprint density at radius 3 is 2.70 bits per heavy atom. The predicted octanol–water partition coefficient (Wildman–Crippen LogP) is 2.46. The van der Waals surface area contributed by atoms with Crippen LogP contribution in [0.15, 0.2) is 36.5 Å². The molecule has 27 heavy (non-hydrogen) atoms. The number of carbonyl (C=O) groups excluding carboxylic acids is 2. The van der Waals surface area contributed by atoms with Crippen molar-refractivity contribution in [2.75, 3.05) is 42.9 Å². The molecule has 1 N–H and O–H groups in total. The molecular formula is C20H24N4O3. The molecule has 2 heterocycles. The average Bonchev–Trinajstić information content (AvgIpc) is 3.04. The Bertz CT molecular complexity index is 849. The Labute approximate surface area is 158 Å². The number of nitrogens with one attached hydrogen (secondary N) is 1. The lowest BCUT2D eigenvalue weighted by atomic mass is 10.1. The number of aryl methyl sites for hydroxylation is 1. The third-order valence-corrected chi connectivity index (χ3v) is 4.64. The number of nitrogens with zero attached hydrogens (tertiary/aromatic N) is 3. The maximum Gasteiger partial charge on any atom is 0.230 e. The third-order valence-electron chi connectivity index (χ3n) is 4.64. The summed E-state index contributed by atoms with van der Waals surface area (Å²) in [5.41, 5.74) is 2.67. The summed E-state index contributed by atoms with van der Waals surface area (Å²) in [6.07, 6.45) is 1.86. The summed E-state index contributed by atoms with van der Waals surface area (Å²) in [6.45, 7) is 2.27. The first-order valence-corrected chi connectivity index (χ1v) is 8.78. The molecule has 2 amide bonds. The molecule has 1 aliphatic rings. The Kier molecular flexibility index (Phi) is 5.30. The molecule has 2 aromatic rings. The SMILES string of the molecule is COc1ccc(C)cc1N1CC(C(=O)Nc2ccc(N(C)C)cn2)CC1=O. The minimum atomic E-state index is -0.432. The topological polar surface area (TPSA) is 74.8 Å². The highest BCUT2D eigenvalue weighted by molar-refractivity contribution is 6.04. The van der Waals surface area contributed by atoms with E-state index in [1.54, 1.807) is 24.3 Å². The van der Waals surface area contributed by atoms with Gasteiger partial charge in [0.15, 0.2) is 0 Å². The van der Waals surface area contributed by atoms with Gasteiger partial charge in [0.25, 0.3) is 0 Å². The zero-order valence-electron chi connectivity index (χ0n) is 16.0. The minimum absolute atomic E-state index is 0.0880. The van der Waals surface area contributed by atoms with Gasteiger partial charge in [-0.05, 0) is 36.8 Å². The quantitative estimate of drug-likeness (QED) is 0.877. The summed E-state index contributed by atoms with van der Waals surface area (Å²) in [6, 6.07) is 9.30. The predicted molar refractivity (Wildman–Crippen MR) is 105 cm³/mol. The van der Waals surface area contributed by atoms with Crippen molar-refractivity contribution in [2.45, 2.75) is 13.3 Å². The number of ether oxygens (including phenoxy) is 1. The van der Waals surface area contributed by atoms with Crippen LogP contribution < -0.4 is 19.9 Å². The second-order valence-electron chi connectivity index (χ2n) is 6.87. The average molecular weight is 368 g/mol. The third kappa shape index (κ3) is 4.02. The number of aromatic nitrogens is 1. The standard InChI is InChI=1S/C20H24N4O3/c1-13-5-7-17(27-4)16(9-13)24-12-14(10-19(24)25)20(26)22-18-8-6-15(11-21-18)23(2)3/h5-9,11,14H,10,12H2,1-4H3,(H,21,22,26). The van der Waals surface area contributed by atoms with E-state index >= 15 is 0 Å². The van der Waals surface area contributed by atoms with Crippen LogP contribution in [-0.4, -0.2) is 44.5 Å². The van der Waals surface area contributed by atoms with E-state index in [9.17, 15) is 9.59 Å². The maximum absolute atomic E-state index is 12.6. The normalized spacial score (nSPS) is 16.4. The van der Waals surface area contributed by atoms with Crippen LogP contribution in [0.25, 0.3) is 0 Å². The Hall–Kier alpha value is -3.09. The van der Waals surface area contributed by atoms with Gasteiger partial charge in [0, 0.05) is 27.1 Å². The first-order valence-electron chi connectivity index (χ1n) is 8.78. The summed E-state index contributed by atoms with van der Waals surface area (Å²) in [4.78, 5) is 32.9. The van der Waals surface area contributed by atoms with Gasteiger partial charge in [-0.15, -0.1) is 0 Å². The maximum atomic E-state index is 12.6. The van der Waals surface area contributed by atoms with E-state index in [1.165, 1.54) is 0 Å². The molecule has 7 nitrogen and oxygen atoms in total. The van der Waals surface area contributed by atoms with Crippen molar-refractivity contribution in [3.05, 3.63) is 42.1 Å². The molecule has 7 heteroatoms. The summed E-state index contributed by atoms with van der Waals surface area (Å²) in [5.74, 6) is 0.371. The van der Waals surface area contributed by atoms with E-state index in [1.807, 2.05) is 50.2 Å². The molecule has 0 aliphatic carbocycles. The fourth-order valence-corrected chi connectivity index (χ4v) is 3.08. The second-order valence-corrected chi connectivity index (χ2v) is 6.87. The zero-order chi connectivity index (χ0) is 19.6. The highest BCUT2D eigenvalue weighted by Gasteiger charge is 2.36. The minimum Gasteiger partial charge on any atom is -0.495 e. The number of anilines is 3. The van der Waals surface area contributed by atoms with Crippen LogP contribution in [0, 0.1) is 12.8 Å². The summed E-state index contributed by atoms with van der Waals surface area (Å²) >= 11 is 0. The van der Waals surface area contributed by atoms with Crippen LogP contribution in [0.4, 0.5) is 17.2 Å². The summed E-state index contributed by atoms with van der Waals surface area (Å²) in [5, 5.41) is 2.80. The molecule has 1 aromatic heterocycles. The van der Waals surface area contributed by atoms with Crippen molar-refractivity contribution < 1.29 is 14.3 Å². The van der Waals surface area contributed by atoms with Crippen molar-refractivity contribution in [2.24, 2.45) is 5.92 Å². The fraction of sp³-hybridized carbons (Fsp3) is 0.350. The van der Waals surface area contributed by atoms with Crippen molar-refractivity contribution in [1.82, 2.24) is 4.98 Å². The number of benzene rings is 1. The van der Waals surface area contributed by atoms with E-state index in [4.69, 9.17) is 4.74 Å². The number of hydrogen-bond acceptors (Lipinski definition) is 5. The second kappa shape index (κ2) is 7.65. The molecule has 1 unspecified atom stereocenters. The van der Waals surface area contributed by atoms with Crippen LogP contribution in [0.2, 0.25) is 0 Å². The Morgan fingerprint density at radius 1 is 1.30 bits per heavy atom. The molecule has 0 spiro atoms. The van der Waals surface area contributed by atoms with Crippen molar-refractivity contribution in [1.29, 1.82) is 0 Å². The molecule has 3 rings (SSSR count). The first-order chi connectivity index (χ1) is 12.9. The summed E-state index contributed by atoms with van der Waals surface area (Å²) < 4.78 is 5.37. The molecule has 1 fully saturated rings. The molecular weight excluding hydrogens is 344 g/mol. The zero-order valence-corrected chi connectivity index (χ0v) is 16.0. The first kappa shape index (κ1) is 18.7. The van der Waals surface area contributed by atoms with Crippen LogP contribution in [0.3, 0.4) is 0 Å². The lowest BCUT2D eigenvalue weighted by Gasteiger charge is -2.20. The number of methoxy groups -OCH3 is 1. The van der Waals surface area contributed by atoms with Crippen LogP contribution in [0.5, 0.6) is 5.75 Å². The van der Waals surface area contributed by atoms with Gasteiger partial charge in [0.1, 0.15) is 11.6 Å². The molecule has 1 saturated heterocycles. The fourth-order valence-electron chi connectivity index (χ4n) is 3.08. The van der Waals surface area contributed by atoms with Crippen LogP contribution in [0.1, 0.15) is 12.0 Å². The molecule has 1 atom stereocenters. The number of rotatable bonds is 5. The molecule has 142 valence electrons. The van der Waals surface area contributed by atoms with Gasteiger partial charge >= 0.3 is 0 Å². The molecule has 0 saturated carbocycles. The van der Waals surface area contributed by atoms with Crippen molar-refractivity contribution >= 4 is 29.0 Å². The lowest BCUT2D eigenvalue weighted by Crippen LogP contribution is -2.28. The van der Waals surface area contributed by atoms with Crippen molar-refractivity contribution in [3.8, 4) is 5.75 Å². The number of hydrogen-bond donors (Lipinski definition) is 1. The van der Waals surface area contributed by atoms with E-state index in [2.05, 4.69) is 10.3 Å². The van der Waals surface area contributed by atoms with Gasteiger partial charge in [-0.3, -0.25) is 9.59 Å². The molecule has 0 radical (unpaired) electrons. The highest BCUT2D eigenvalue weighted by Crippen LogP contribution is 2.34. The number of carbonyl (C=O) groups is 2. The van der Waals surface area contributed by atoms with Gasteiger partial charge in [0.2, 0.25) is 11.8 Å². The number of amides is 2. The molecule has 0 bridgehead atoms. The lowest BCUT2D eigenvalue weighted by molar-refractivity contribution is -0.122. The largest absolute Gasteiger partial charge is 0.495 e. The Balaban J connectivity index is 1.71. The molecule has 1 aliphatic heterocycles. The van der Waals surface area contributed by atoms with E-state index in [-0.39, 0.29) is 18.2 Å². The van der Waals surface area contributed by atoms with Gasteiger partial charge in [0.05, 0.1) is 30.6 Å². The van der Waals surface area contributed by atoms with Crippen molar-refractivity contribution in [3.63, 3.8) is 0 Å². The van der Waals surface area contributed by atoms with Gasteiger partial charge in [-0.25, -0.2) is 4.98 Å². The Morgan fingerprint density at radius 2 is 2.07 bits per heavy atom. The summed E-state index contributed by atoms with van der Waals surface area (Å²) in [7, 11) is 5.42. The molecule has 1 aromatic carbocycles. The smallest absolute Gasteiger partial charge is 0.230 e.